The standard InChI is InChI=1S/C16H32N2OS/c1-3-5-6-7-8-9-10-11-12-13-16(19)18(4-2)14-15(17)20/h3-14H2,1-2H3,(H2,17,20). The maximum absolute atomic E-state index is 11.9. The number of carbonyl (C=O) groups is 1. The van der Waals surface area contributed by atoms with E-state index in [0.717, 1.165) is 12.8 Å². The summed E-state index contributed by atoms with van der Waals surface area (Å²) in [5, 5.41) is 0. The summed E-state index contributed by atoms with van der Waals surface area (Å²) in [5.41, 5.74) is 5.49. The highest BCUT2D eigenvalue weighted by atomic mass is 32.1. The number of rotatable bonds is 13. The lowest BCUT2D eigenvalue weighted by Gasteiger charge is -2.19. The highest BCUT2D eigenvalue weighted by molar-refractivity contribution is 7.80. The van der Waals surface area contributed by atoms with Crippen LogP contribution in [0.5, 0.6) is 0 Å². The van der Waals surface area contributed by atoms with Crippen molar-refractivity contribution in [2.24, 2.45) is 5.73 Å². The molecule has 0 rings (SSSR count). The van der Waals surface area contributed by atoms with Gasteiger partial charge < -0.3 is 10.6 Å². The first-order chi connectivity index (χ1) is 9.61. The lowest BCUT2D eigenvalue weighted by molar-refractivity contribution is -0.130. The highest BCUT2D eigenvalue weighted by Crippen LogP contribution is 2.11. The van der Waals surface area contributed by atoms with Gasteiger partial charge in [-0.2, -0.15) is 0 Å². The zero-order chi connectivity index (χ0) is 15.2. The number of unbranched alkanes of at least 4 members (excludes halogenated alkanes) is 8. The Bertz CT molecular complexity index is 269. The molecule has 4 heteroatoms. The minimum absolute atomic E-state index is 0.184. The third-order valence-corrected chi connectivity index (χ3v) is 3.70. The fourth-order valence-corrected chi connectivity index (χ4v) is 2.47. The van der Waals surface area contributed by atoms with Gasteiger partial charge in [0.15, 0.2) is 0 Å². The molecule has 0 saturated carbocycles. The number of thiocarbonyl (C=S) groups is 1. The molecule has 0 atom stereocenters. The average molecular weight is 301 g/mol. The van der Waals surface area contributed by atoms with Crippen LogP contribution in [-0.2, 0) is 4.79 Å². The molecule has 20 heavy (non-hydrogen) atoms. The van der Waals surface area contributed by atoms with Crippen LogP contribution in [0, 0.1) is 0 Å². The first-order valence-corrected chi connectivity index (χ1v) is 8.58. The molecule has 0 aliphatic carbocycles. The van der Waals surface area contributed by atoms with Gasteiger partial charge >= 0.3 is 0 Å². The van der Waals surface area contributed by atoms with Crippen molar-refractivity contribution in [2.75, 3.05) is 13.1 Å². The fourth-order valence-electron chi connectivity index (χ4n) is 2.31. The van der Waals surface area contributed by atoms with E-state index in [2.05, 4.69) is 6.92 Å². The zero-order valence-corrected chi connectivity index (χ0v) is 14.1. The van der Waals surface area contributed by atoms with Crippen LogP contribution in [0.2, 0.25) is 0 Å². The van der Waals surface area contributed by atoms with E-state index in [1.54, 1.807) is 4.90 Å². The van der Waals surface area contributed by atoms with Gasteiger partial charge in [0, 0.05) is 13.0 Å². The molecule has 0 aromatic heterocycles. The summed E-state index contributed by atoms with van der Waals surface area (Å²) in [5.74, 6) is 0.184. The SMILES string of the molecule is CCCCCCCCCCCC(=O)N(CC)CC(N)=S. The molecule has 0 aliphatic heterocycles. The van der Waals surface area contributed by atoms with Crippen molar-refractivity contribution in [3.05, 3.63) is 0 Å². The summed E-state index contributed by atoms with van der Waals surface area (Å²) in [4.78, 5) is 14.1. The van der Waals surface area contributed by atoms with Crippen molar-refractivity contribution in [1.82, 2.24) is 4.90 Å². The molecule has 0 spiro atoms. The second-order valence-electron chi connectivity index (χ2n) is 5.45. The minimum atomic E-state index is 0.184. The molecule has 1 amide bonds. The van der Waals surface area contributed by atoms with E-state index in [1.807, 2.05) is 6.92 Å². The summed E-state index contributed by atoms with van der Waals surface area (Å²) < 4.78 is 0. The molecule has 0 aromatic rings. The Kier molecular flexibility index (Phi) is 12.9. The van der Waals surface area contributed by atoms with Crippen molar-refractivity contribution in [2.45, 2.75) is 78.1 Å². The summed E-state index contributed by atoms with van der Waals surface area (Å²) in [6.45, 7) is 5.32. The maximum atomic E-state index is 11.9. The third-order valence-electron chi connectivity index (χ3n) is 3.58. The van der Waals surface area contributed by atoms with E-state index in [0.29, 0.717) is 24.5 Å². The Hall–Kier alpha value is -0.640. The highest BCUT2D eigenvalue weighted by Gasteiger charge is 2.11. The Labute approximate surface area is 130 Å². The quantitative estimate of drug-likeness (QED) is 0.412. The topological polar surface area (TPSA) is 46.3 Å². The molecule has 0 bridgehead atoms. The van der Waals surface area contributed by atoms with Gasteiger partial charge in [0.2, 0.25) is 5.91 Å². The third kappa shape index (κ3) is 11.2. The van der Waals surface area contributed by atoms with Gasteiger partial charge in [-0.15, -0.1) is 0 Å². The van der Waals surface area contributed by atoms with E-state index < -0.39 is 0 Å². The van der Waals surface area contributed by atoms with Gasteiger partial charge in [-0.1, -0.05) is 70.5 Å². The number of nitrogens with zero attached hydrogens (tertiary/aromatic N) is 1. The molecule has 3 nitrogen and oxygen atoms in total. The Balaban J connectivity index is 3.49. The fraction of sp³-hybridized carbons (Fsp3) is 0.875. The lowest BCUT2D eigenvalue weighted by Crippen LogP contribution is -2.37. The molecule has 0 aromatic carbocycles. The number of carbonyl (C=O) groups excluding carboxylic acids is 1. The Morgan fingerprint density at radius 3 is 1.90 bits per heavy atom. The molecule has 0 unspecified atom stereocenters. The van der Waals surface area contributed by atoms with Gasteiger partial charge in [0.05, 0.1) is 11.5 Å². The second kappa shape index (κ2) is 13.3. The van der Waals surface area contributed by atoms with Crippen LogP contribution in [0.4, 0.5) is 0 Å². The lowest BCUT2D eigenvalue weighted by atomic mass is 10.1. The molecule has 0 aliphatic rings. The summed E-state index contributed by atoms with van der Waals surface area (Å²) in [7, 11) is 0. The van der Waals surface area contributed by atoms with Gasteiger partial charge in [0.25, 0.3) is 0 Å². The molecule has 0 saturated heterocycles. The number of likely N-dealkylation sites (N-methyl/N-ethyl adjacent to an activating group) is 1. The number of hydrogen-bond acceptors (Lipinski definition) is 2. The molecule has 0 fully saturated rings. The van der Waals surface area contributed by atoms with Crippen LogP contribution in [-0.4, -0.2) is 28.9 Å². The summed E-state index contributed by atoms with van der Waals surface area (Å²) in [6, 6.07) is 0. The predicted octanol–water partition coefficient (Wildman–Crippen LogP) is 4.04. The van der Waals surface area contributed by atoms with Crippen LogP contribution < -0.4 is 5.73 Å². The van der Waals surface area contributed by atoms with Crippen molar-refractivity contribution in [3.63, 3.8) is 0 Å². The van der Waals surface area contributed by atoms with Gasteiger partial charge in [-0.05, 0) is 13.3 Å². The van der Waals surface area contributed by atoms with Crippen LogP contribution in [0.1, 0.15) is 78.1 Å². The zero-order valence-electron chi connectivity index (χ0n) is 13.3. The van der Waals surface area contributed by atoms with E-state index >= 15 is 0 Å². The number of nitrogens with two attached hydrogens (primary N) is 1. The molecular formula is C16H32N2OS. The Morgan fingerprint density at radius 2 is 1.45 bits per heavy atom. The monoisotopic (exact) mass is 300 g/mol. The summed E-state index contributed by atoms with van der Waals surface area (Å²) in [6.07, 6.45) is 12.1. The largest absolute Gasteiger partial charge is 0.392 e. The van der Waals surface area contributed by atoms with Gasteiger partial charge in [-0.25, -0.2) is 0 Å². The predicted molar refractivity (Wildman–Crippen MR) is 90.9 cm³/mol. The molecule has 0 radical (unpaired) electrons. The normalized spacial score (nSPS) is 10.5. The van der Waals surface area contributed by atoms with Gasteiger partial charge in [-0.3, -0.25) is 4.79 Å². The van der Waals surface area contributed by atoms with Crippen LogP contribution in [0.25, 0.3) is 0 Å². The van der Waals surface area contributed by atoms with Crippen molar-refractivity contribution >= 4 is 23.1 Å². The van der Waals surface area contributed by atoms with Crippen molar-refractivity contribution in [3.8, 4) is 0 Å². The van der Waals surface area contributed by atoms with E-state index in [-0.39, 0.29) is 5.91 Å². The van der Waals surface area contributed by atoms with Crippen LogP contribution >= 0.6 is 12.2 Å². The van der Waals surface area contributed by atoms with Crippen LogP contribution in [0.15, 0.2) is 0 Å². The Morgan fingerprint density at radius 1 is 0.950 bits per heavy atom. The summed E-state index contributed by atoms with van der Waals surface area (Å²) >= 11 is 4.85. The molecule has 118 valence electrons. The molecular weight excluding hydrogens is 268 g/mol. The first-order valence-electron chi connectivity index (χ1n) is 8.17. The number of hydrogen-bond donors (Lipinski definition) is 1. The van der Waals surface area contributed by atoms with E-state index in [4.69, 9.17) is 18.0 Å². The molecule has 0 heterocycles. The van der Waals surface area contributed by atoms with Crippen molar-refractivity contribution in [1.29, 1.82) is 0 Å². The average Bonchev–Trinajstić information content (AvgIpc) is 2.42. The van der Waals surface area contributed by atoms with E-state index in [1.165, 1.54) is 44.9 Å². The number of amides is 1. The van der Waals surface area contributed by atoms with Crippen LogP contribution in [0.3, 0.4) is 0 Å². The first kappa shape index (κ1) is 19.4. The second-order valence-corrected chi connectivity index (χ2v) is 5.98. The smallest absolute Gasteiger partial charge is 0.222 e. The molecule has 2 N–H and O–H groups in total. The van der Waals surface area contributed by atoms with Gasteiger partial charge in [0.1, 0.15) is 0 Å². The van der Waals surface area contributed by atoms with E-state index in [9.17, 15) is 4.79 Å². The maximum Gasteiger partial charge on any atom is 0.222 e. The minimum Gasteiger partial charge on any atom is -0.392 e. The van der Waals surface area contributed by atoms with Crippen molar-refractivity contribution < 1.29 is 4.79 Å².